The van der Waals surface area contributed by atoms with E-state index < -0.39 is 19.0 Å². The van der Waals surface area contributed by atoms with Gasteiger partial charge in [0.15, 0.2) is 0 Å². The largest absolute Gasteiger partial charge is 0.475 e. The number of carbonyl (C=O) groups excluding carboxylic acids is 1. The Labute approximate surface area is 124 Å². The van der Waals surface area contributed by atoms with E-state index in [-0.39, 0.29) is 5.92 Å². The highest BCUT2D eigenvalue weighted by Crippen LogP contribution is 2.16. The van der Waals surface area contributed by atoms with Crippen LogP contribution in [-0.4, -0.2) is 34.0 Å². The molecule has 0 aliphatic carbocycles. The van der Waals surface area contributed by atoms with Crippen LogP contribution in [-0.2, 0) is 0 Å². The number of hydrogen-bond donors (Lipinski definition) is 3. The van der Waals surface area contributed by atoms with Crippen LogP contribution >= 0.6 is 0 Å². The quantitative estimate of drug-likeness (QED) is 0.725. The van der Waals surface area contributed by atoms with Crippen molar-refractivity contribution < 1.29 is 14.8 Å². The molecule has 0 bridgehead atoms. The summed E-state index contributed by atoms with van der Waals surface area (Å²) >= 11 is 0. The summed E-state index contributed by atoms with van der Waals surface area (Å²) in [6.45, 7) is 3.91. The molecule has 6 heteroatoms. The molecular formula is C15H19BN2O3. The van der Waals surface area contributed by atoms with Crippen LogP contribution in [0.5, 0.6) is 0 Å². The summed E-state index contributed by atoms with van der Waals surface area (Å²) in [5, 5.41) is 23.1. The summed E-state index contributed by atoms with van der Waals surface area (Å²) in [5.41, 5.74) is 0.294. The van der Waals surface area contributed by atoms with E-state index in [9.17, 15) is 14.8 Å². The topological polar surface area (TPSA) is 82.5 Å². The minimum absolute atomic E-state index is 0.234. The van der Waals surface area contributed by atoms with E-state index in [0.717, 1.165) is 10.8 Å². The molecule has 0 fully saturated rings. The van der Waals surface area contributed by atoms with Crippen molar-refractivity contribution in [2.45, 2.75) is 26.2 Å². The Kier molecular flexibility index (Phi) is 4.93. The van der Waals surface area contributed by atoms with Gasteiger partial charge in [-0.3, -0.25) is 9.78 Å². The molecule has 0 radical (unpaired) electrons. The van der Waals surface area contributed by atoms with Gasteiger partial charge >= 0.3 is 7.12 Å². The lowest BCUT2D eigenvalue weighted by Gasteiger charge is -2.19. The second kappa shape index (κ2) is 6.69. The van der Waals surface area contributed by atoms with Crippen molar-refractivity contribution in [3.63, 3.8) is 0 Å². The first-order valence-corrected chi connectivity index (χ1v) is 6.99. The number of pyridine rings is 1. The average molecular weight is 286 g/mol. The molecule has 0 unspecified atom stereocenters. The Balaban J connectivity index is 2.25. The number of nitrogens with one attached hydrogen (secondary N) is 1. The second-order valence-corrected chi connectivity index (χ2v) is 5.50. The molecule has 3 N–H and O–H groups in total. The molecule has 0 saturated heterocycles. The second-order valence-electron chi connectivity index (χ2n) is 5.50. The van der Waals surface area contributed by atoms with Gasteiger partial charge in [0.25, 0.3) is 5.91 Å². The first-order chi connectivity index (χ1) is 9.99. The van der Waals surface area contributed by atoms with Crippen LogP contribution in [0, 0.1) is 5.92 Å². The molecule has 0 aliphatic heterocycles. The number of carbonyl (C=O) groups is 1. The number of hydrogen-bond acceptors (Lipinski definition) is 4. The van der Waals surface area contributed by atoms with Crippen molar-refractivity contribution >= 4 is 23.8 Å². The summed E-state index contributed by atoms with van der Waals surface area (Å²) < 4.78 is 0. The first-order valence-electron chi connectivity index (χ1n) is 6.99. The highest BCUT2D eigenvalue weighted by molar-refractivity contribution is 6.43. The number of rotatable bonds is 5. The first kappa shape index (κ1) is 15.5. The maximum Gasteiger partial charge on any atom is 0.475 e. The number of nitrogens with zero attached hydrogens (tertiary/aromatic N) is 1. The molecule has 0 aliphatic rings. The van der Waals surface area contributed by atoms with E-state index in [1.54, 1.807) is 6.20 Å². The van der Waals surface area contributed by atoms with Gasteiger partial charge in [-0.2, -0.15) is 0 Å². The van der Waals surface area contributed by atoms with Crippen LogP contribution in [0.25, 0.3) is 10.8 Å². The summed E-state index contributed by atoms with van der Waals surface area (Å²) in [5.74, 6) is -0.874. The van der Waals surface area contributed by atoms with Crippen LogP contribution in [0.2, 0.25) is 0 Å². The van der Waals surface area contributed by atoms with Gasteiger partial charge in [0.2, 0.25) is 0 Å². The Hall–Kier alpha value is -1.92. The minimum Gasteiger partial charge on any atom is -0.426 e. The SMILES string of the molecule is CC(C)C[C@H](NC(=O)c1nccc2ccccc12)B(O)O. The maximum absolute atomic E-state index is 12.4. The molecule has 1 heterocycles. The molecule has 21 heavy (non-hydrogen) atoms. The Morgan fingerprint density at radius 1 is 1.29 bits per heavy atom. The van der Waals surface area contributed by atoms with Gasteiger partial charge in [0, 0.05) is 11.6 Å². The third-order valence-corrected chi connectivity index (χ3v) is 3.29. The van der Waals surface area contributed by atoms with Crippen molar-refractivity contribution in [1.82, 2.24) is 10.3 Å². The molecule has 1 atom stereocenters. The fraction of sp³-hybridized carbons (Fsp3) is 0.333. The summed E-state index contributed by atoms with van der Waals surface area (Å²) in [6.07, 6.45) is 2.05. The lowest BCUT2D eigenvalue weighted by Crippen LogP contribution is -2.47. The Morgan fingerprint density at radius 2 is 2.00 bits per heavy atom. The summed E-state index contributed by atoms with van der Waals surface area (Å²) in [4.78, 5) is 16.5. The smallest absolute Gasteiger partial charge is 0.426 e. The highest BCUT2D eigenvalue weighted by Gasteiger charge is 2.27. The number of fused-ring (bicyclic) bond motifs is 1. The molecule has 1 amide bonds. The zero-order valence-electron chi connectivity index (χ0n) is 12.2. The van der Waals surface area contributed by atoms with E-state index >= 15 is 0 Å². The van der Waals surface area contributed by atoms with E-state index in [1.165, 1.54) is 0 Å². The van der Waals surface area contributed by atoms with E-state index in [2.05, 4.69) is 10.3 Å². The fourth-order valence-corrected chi connectivity index (χ4v) is 2.30. The predicted octanol–water partition coefficient (Wildman–Crippen LogP) is 1.39. The van der Waals surface area contributed by atoms with Crippen LogP contribution in [0.3, 0.4) is 0 Å². The van der Waals surface area contributed by atoms with Gasteiger partial charge in [-0.15, -0.1) is 0 Å². The Bertz CT molecular complexity index is 626. The third kappa shape index (κ3) is 3.80. The van der Waals surface area contributed by atoms with Crippen LogP contribution in [0.15, 0.2) is 36.5 Å². The van der Waals surface area contributed by atoms with Crippen LogP contribution in [0.1, 0.15) is 30.8 Å². The summed E-state index contributed by atoms with van der Waals surface area (Å²) in [6, 6.07) is 9.29. The van der Waals surface area contributed by atoms with Crippen LogP contribution < -0.4 is 5.32 Å². The van der Waals surface area contributed by atoms with Crippen molar-refractivity contribution in [2.24, 2.45) is 5.92 Å². The third-order valence-electron chi connectivity index (χ3n) is 3.29. The van der Waals surface area contributed by atoms with Crippen molar-refractivity contribution in [1.29, 1.82) is 0 Å². The predicted molar refractivity (Wildman–Crippen MR) is 82.6 cm³/mol. The molecule has 0 saturated carbocycles. The minimum atomic E-state index is -1.59. The molecule has 2 rings (SSSR count). The molecule has 5 nitrogen and oxygen atoms in total. The van der Waals surface area contributed by atoms with Gasteiger partial charge in [-0.25, -0.2) is 0 Å². The highest BCUT2D eigenvalue weighted by atomic mass is 16.4. The maximum atomic E-state index is 12.4. The van der Waals surface area contributed by atoms with Crippen molar-refractivity contribution in [3.05, 3.63) is 42.2 Å². The van der Waals surface area contributed by atoms with Gasteiger partial charge in [-0.1, -0.05) is 38.1 Å². The summed E-state index contributed by atoms with van der Waals surface area (Å²) in [7, 11) is -1.59. The molecule has 1 aromatic carbocycles. The molecule has 1 aromatic heterocycles. The van der Waals surface area contributed by atoms with Gasteiger partial charge in [-0.05, 0) is 23.8 Å². The number of benzene rings is 1. The number of amides is 1. The molecule has 2 aromatic rings. The molecule has 110 valence electrons. The van der Waals surface area contributed by atoms with Crippen LogP contribution in [0.4, 0.5) is 0 Å². The van der Waals surface area contributed by atoms with E-state index in [1.807, 2.05) is 44.2 Å². The average Bonchev–Trinajstić information content (AvgIpc) is 2.45. The standard InChI is InChI=1S/C15H19BN2O3/c1-10(2)9-13(16(20)21)18-15(19)14-12-6-4-3-5-11(12)7-8-17-14/h3-8,10,13,20-21H,9H2,1-2H3,(H,18,19)/t13-/m0/s1. The zero-order valence-corrected chi connectivity index (χ0v) is 12.2. The number of aromatic nitrogens is 1. The lowest BCUT2D eigenvalue weighted by atomic mass is 9.75. The fourth-order valence-electron chi connectivity index (χ4n) is 2.30. The van der Waals surface area contributed by atoms with Crippen molar-refractivity contribution in [2.75, 3.05) is 0 Å². The monoisotopic (exact) mass is 286 g/mol. The van der Waals surface area contributed by atoms with Crippen molar-refractivity contribution in [3.8, 4) is 0 Å². The molecule has 0 spiro atoms. The van der Waals surface area contributed by atoms with Gasteiger partial charge in [0.1, 0.15) is 5.69 Å². The van der Waals surface area contributed by atoms with Gasteiger partial charge in [0.05, 0.1) is 5.94 Å². The zero-order chi connectivity index (χ0) is 15.4. The Morgan fingerprint density at radius 3 is 2.67 bits per heavy atom. The van der Waals surface area contributed by atoms with E-state index in [0.29, 0.717) is 12.1 Å². The normalized spacial score (nSPS) is 12.4. The van der Waals surface area contributed by atoms with E-state index in [4.69, 9.17) is 0 Å². The van der Waals surface area contributed by atoms with Gasteiger partial charge < -0.3 is 15.4 Å². The molecular weight excluding hydrogens is 267 g/mol. The lowest BCUT2D eigenvalue weighted by molar-refractivity contribution is 0.0935.